The molecule has 2 unspecified atom stereocenters. The van der Waals surface area contributed by atoms with Gasteiger partial charge in [0.05, 0.1) is 0 Å². The highest BCUT2D eigenvalue weighted by atomic mass is 79.9. The maximum atomic E-state index is 3.63. The Morgan fingerprint density at radius 3 is 2.86 bits per heavy atom. The molecule has 2 atom stereocenters. The lowest BCUT2D eigenvalue weighted by Gasteiger charge is -2.32. The molecular formula is C17H28BrN3. The van der Waals surface area contributed by atoms with Crippen LogP contribution in [0.25, 0.3) is 0 Å². The number of hydrogen-bond acceptors (Lipinski definition) is 3. The van der Waals surface area contributed by atoms with Gasteiger partial charge < -0.3 is 15.1 Å². The lowest BCUT2D eigenvalue weighted by atomic mass is 10.0. The van der Waals surface area contributed by atoms with E-state index < -0.39 is 0 Å². The summed E-state index contributed by atoms with van der Waals surface area (Å²) < 4.78 is 1.16. The van der Waals surface area contributed by atoms with E-state index in [1.54, 1.807) is 0 Å². The number of halogens is 1. The van der Waals surface area contributed by atoms with Crippen LogP contribution in [-0.4, -0.2) is 44.7 Å². The van der Waals surface area contributed by atoms with Gasteiger partial charge in [0.15, 0.2) is 0 Å². The van der Waals surface area contributed by atoms with E-state index in [2.05, 4.69) is 77.2 Å². The summed E-state index contributed by atoms with van der Waals surface area (Å²) in [5, 5.41) is 3.55. The first-order chi connectivity index (χ1) is 10.0. The molecule has 1 heterocycles. The topological polar surface area (TPSA) is 18.5 Å². The van der Waals surface area contributed by atoms with E-state index in [9.17, 15) is 0 Å². The van der Waals surface area contributed by atoms with Gasteiger partial charge >= 0.3 is 0 Å². The van der Waals surface area contributed by atoms with Crippen LogP contribution < -0.4 is 10.2 Å². The fourth-order valence-corrected chi connectivity index (χ4v) is 3.69. The number of anilines is 1. The lowest BCUT2D eigenvalue weighted by molar-refractivity contribution is 0.372. The average Bonchev–Trinajstić information content (AvgIpc) is 2.86. The molecule has 0 aliphatic carbocycles. The molecule has 1 aromatic carbocycles. The Balaban J connectivity index is 2.29. The summed E-state index contributed by atoms with van der Waals surface area (Å²) in [6.07, 6.45) is 2.59. The first-order valence-electron chi connectivity index (χ1n) is 7.97. The van der Waals surface area contributed by atoms with E-state index in [0.29, 0.717) is 12.1 Å². The summed E-state index contributed by atoms with van der Waals surface area (Å²) in [5.41, 5.74) is 2.80. The van der Waals surface area contributed by atoms with Crippen LogP contribution in [0.15, 0.2) is 22.7 Å². The monoisotopic (exact) mass is 353 g/mol. The normalized spacial score (nSPS) is 20.3. The molecule has 0 saturated carbocycles. The van der Waals surface area contributed by atoms with Crippen molar-refractivity contribution in [2.45, 2.75) is 38.8 Å². The SMILES string of the molecule is CCNC(C)c1cc(Br)ccc1N1CCCC1CN(C)C. The second kappa shape index (κ2) is 7.61. The molecule has 0 aromatic heterocycles. The molecule has 1 aliphatic rings. The summed E-state index contributed by atoms with van der Waals surface area (Å²) in [5.74, 6) is 0. The molecule has 0 radical (unpaired) electrons. The molecule has 1 saturated heterocycles. The number of nitrogens with one attached hydrogen (secondary N) is 1. The van der Waals surface area contributed by atoms with Crippen molar-refractivity contribution in [3.8, 4) is 0 Å². The van der Waals surface area contributed by atoms with Crippen LogP contribution in [0.5, 0.6) is 0 Å². The highest BCUT2D eigenvalue weighted by Crippen LogP contribution is 2.34. The third-order valence-electron chi connectivity index (χ3n) is 4.23. The molecule has 1 N–H and O–H groups in total. The Kier molecular flexibility index (Phi) is 6.08. The van der Waals surface area contributed by atoms with Crippen LogP contribution in [0, 0.1) is 0 Å². The van der Waals surface area contributed by atoms with E-state index in [1.165, 1.54) is 30.6 Å². The van der Waals surface area contributed by atoms with Crippen LogP contribution in [0.1, 0.15) is 38.3 Å². The molecule has 0 spiro atoms. The zero-order valence-corrected chi connectivity index (χ0v) is 15.3. The van der Waals surface area contributed by atoms with Gasteiger partial charge in [-0.15, -0.1) is 0 Å². The number of likely N-dealkylation sites (N-methyl/N-ethyl adjacent to an activating group) is 1. The minimum Gasteiger partial charge on any atom is -0.367 e. The highest BCUT2D eigenvalue weighted by molar-refractivity contribution is 9.10. The zero-order chi connectivity index (χ0) is 15.4. The van der Waals surface area contributed by atoms with Gasteiger partial charge in [-0.1, -0.05) is 22.9 Å². The van der Waals surface area contributed by atoms with Gasteiger partial charge in [-0.05, 0) is 64.2 Å². The van der Waals surface area contributed by atoms with Crippen molar-refractivity contribution in [2.24, 2.45) is 0 Å². The second-order valence-corrected chi connectivity index (χ2v) is 7.15. The summed E-state index contributed by atoms with van der Waals surface area (Å²) in [7, 11) is 4.33. The number of hydrogen-bond donors (Lipinski definition) is 1. The first-order valence-corrected chi connectivity index (χ1v) is 8.76. The van der Waals surface area contributed by atoms with Crippen LogP contribution in [-0.2, 0) is 0 Å². The van der Waals surface area contributed by atoms with Crippen molar-refractivity contribution in [3.05, 3.63) is 28.2 Å². The molecule has 118 valence electrons. The van der Waals surface area contributed by atoms with Crippen molar-refractivity contribution < 1.29 is 0 Å². The Labute approximate surface area is 137 Å². The minimum absolute atomic E-state index is 0.378. The lowest BCUT2D eigenvalue weighted by Crippen LogP contribution is -2.38. The molecule has 1 aliphatic heterocycles. The van der Waals surface area contributed by atoms with Crippen molar-refractivity contribution in [1.82, 2.24) is 10.2 Å². The molecule has 0 bridgehead atoms. The van der Waals surface area contributed by atoms with Gasteiger partial charge in [0.25, 0.3) is 0 Å². The molecule has 1 aromatic rings. The summed E-state index contributed by atoms with van der Waals surface area (Å²) >= 11 is 3.63. The van der Waals surface area contributed by atoms with E-state index in [1.807, 2.05) is 0 Å². The van der Waals surface area contributed by atoms with Crippen molar-refractivity contribution in [1.29, 1.82) is 0 Å². The fraction of sp³-hybridized carbons (Fsp3) is 0.647. The Morgan fingerprint density at radius 1 is 1.43 bits per heavy atom. The summed E-state index contributed by atoms with van der Waals surface area (Å²) in [6, 6.07) is 7.73. The predicted molar refractivity (Wildman–Crippen MR) is 95.2 cm³/mol. The van der Waals surface area contributed by atoms with E-state index >= 15 is 0 Å². The number of rotatable bonds is 6. The van der Waals surface area contributed by atoms with Crippen molar-refractivity contribution >= 4 is 21.6 Å². The van der Waals surface area contributed by atoms with Crippen LogP contribution >= 0.6 is 15.9 Å². The molecule has 4 heteroatoms. The molecule has 3 nitrogen and oxygen atoms in total. The Hall–Kier alpha value is -0.580. The van der Waals surface area contributed by atoms with E-state index in [-0.39, 0.29) is 0 Å². The average molecular weight is 354 g/mol. The standard InChI is InChI=1S/C17H28BrN3/c1-5-19-13(2)16-11-14(18)8-9-17(16)21-10-6-7-15(21)12-20(3)4/h8-9,11,13,15,19H,5-7,10,12H2,1-4H3. The molecule has 2 rings (SSSR count). The number of nitrogens with zero attached hydrogens (tertiary/aromatic N) is 2. The molecule has 1 fully saturated rings. The number of benzene rings is 1. The smallest absolute Gasteiger partial charge is 0.0418 e. The van der Waals surface area contributed by atoms with Gasteiger partial charge in [-0.2, -0.15) is 0 Å². The van der Waals surface area contributed by atoms with Gasteiger partial charge in [0.2, 0.25) is 0 Å². The van der Waals surface area contributed by atoms with Crippen molar-refractivity contribution in [2.75, 3.05) is 38.6 Å². The van der Waals surface area contributed by atoms with Crippen LogP contribution in [0.2, 0.25) is 0 Å². The largest absolute Gasteiger partial charge is 0.367 e. The van der Waals surface area contributed by atoms with E-state index in [0.717, 1.165) is 17.6 Å². The van der Waals surface area contributed by atoms with Crippen molar-refractivity contribution in [3.63, 3.8) is 0 Å². The fourth-order valence-electron chi connectivity index (χ4n) is 3.31. The van der Waals surface area contributed by atoms with Gasteiger partial charge in [-0.25, -0.2) is 0 Å². The highest BCUT2D eigenvalue weighted by Gasteiger charge is 2.27. The molecule has 21 heavy (non-hydrogen) atoms. The Bertz CT molecular complexity index is 461. The van der Waals surface area contributed by atoms with E-state index in [4.69, 9.17) is 0 Å². The van der Waals surface area contributed by atoms with Crippen LogP contribution in [0.3, 0.4) is 0 Å². The molecule has 0 amide bonds. The third kappa shape index (κ3) is 4.21. The molecular weight excluding hydrogens is 326 g/mol. The summed E-state index contributed by atoms with van der Waals surface area (Å²) in [4.78, 5) is 4.91. The van der Waals surface area contributed by atoms with Gasteiger partial charge in [0.1, 0.15) is 0 Å². The third-order valence-corrected chi connectivity index (χ3v) is 4.72. The first kappa shape index (κ1) is 16.8. The zero-order valence-electron chi connectivity index (χ0n) is 13.7. The van der Waals surface area contributed by atoms with Gasteiger partial charge in [0, 0.05) is 35.3 Å². The Morgan fingerprint density at radius 2 is 2.19 bits per heavy atom. The quantitative estimate of drug-likeness (QED) is 0.841. The minimum atomic E-state index is 0.378. The predicted octanol–water partition coefficient (Wildman–Crippen LogP) is 3.65. The summed E-state index contributed by atoms with van der Waals surface area (Å²) in [6.45, 7) is 7.72. The maximum Gasteiger partial charge on any atom is 0.0418 e. The van der Waals surface area contributed by atoms with Crippen LogP contribution in [0.4, 0.5) is 5.69 Å². The van der Waals surface area contributed by atoms with Gasteiger partial charge in [-0.3, -0.25) is 0 Å². The maximum absolute atomic E-state index is 3.63. The second-order valence-electron chi connectivity index (χ2n) is 6.23.